The lowest BCUT2D eigenvalue weighted by atomic mass is 10.1. The van der Waals surface area contributed by atoms with Crippen LogP contribution in [0.15, 0.2) is 18.2 Å². The van der Waals surface area contributed by atoms with E-state index in [4.69, 9.17) is 5.11 Å². The fraction of sp³-hybridized carbons (Fsp3) is 0.333. The quantitative estimate of drug-likeness (QED) is 0.647. The van der Waals surface area contributed by atoms with Gasteiger partial charge in [0.25, 0.3) is 0 Å². The smallest absolute Gasteiger partial charge is 0.237 e. The van der Waals surface area contributed by atoms with Crippen molar-refractivity contribution in [2.24, 2.45) is 11.8 Å². The Bertz CT molecular complexity index is 639. The number of rotatable bonds is 2. The van der Waals surface area contributed by atoms with E-state index in [2.05, 4.69) is 11.8 Å². The minimum atomic E-state index is -0.575. The third-order valence-electron chi connectivity index (χ3n) is 3.54. The Morgan fingerprint density at radius 3 is 2.60 bits per heavy atom. The number of imide groups is 1. The van der Waals surface area contributed by atoms with Crippen LogP contribution in [0.5, 0.6) is 0 Å². The van der Waals surface area contributed by atoms with E-state index in [1.54, 1.807) is 0 Å². The molecule has 5 heteroatoms. The number of aliphatic hydroxyl groups excluding tert-OH is 1. The number of carbonyl (C=O) groups is 2. The number of anilines is 1. The van der Waals surface area contributed by atoms with Crippen molar-refractivity contribution in [2.75, 3.05) is 11.5 Å². The number of fused-ring (bicyclic) bond motifs is 1. The van der Waals surface area contributed by atoms with Crippen molar-refractivity contribution < 1.29 is 19.1 Å². The first-order valence-electron chi connectivity index (χ1n) is 6.40. The molecule has 102 valence electrons. The molecule has 1 aromatic rings. The van der Waals surface area contributed by atoms with Crippen LogP contribution in [0.3, 0.4) is 0 Å². The lowest BCUT2D eigenvalue weighted by molar-refractivity contribution is -0.123. The van der Waals surface area contributed by atoms with Gasteiger partial charge in [-0.05, 0) is 24.6 Å². The van der Waals surface area contributed by atoms with Gasteiger partial charge in [0, 0.05) is 6.42 Å². The third kappa shape index (κ3) is 1.98. The van der Waals surface area contributed by atoms with Crippen LogP contribution in [0.2, 0.25) is 0 Å². The Kier molecular flexibility index (Phi) is 3.03. The van der Waals surface area contributed by atoms with Crippen LogP contribution >= 0.6 is 0 Å². The fourth-order valence-electron chi connectivity index (χ4n) is 2.39. The molecule has 0 radical (unpaired) electrons. The number of amides is 2. The van der Waals surface area contributed by atoms with Crippen LogP contribution in [0.1, 0.15) is 18.4 Å². The first-order chi connectivity index (χ1) is 9.63. The van der Waals surface area contributed by atoms with Crippen LogP contribution in [0.4, 0.5) is 10.1 Å². The maximum atomic E-state index is 13.9. The molecule has 1 saturated heterocycles. The van der Waals surface area contributed by atoms with E-state index < -0.39 is 5.82 Å². The molecule has 3 rings (SSSR count). The van der Waals surface area contributed by atoms with Crippen molar-refractivity contribution in [3.05, 3.63) is 29.6 Å². The molecular weight excluding hydrogens is 261 g/mol. The molecular formula is C15H12FNO3. The van der Waals surface area contributed by atoms with Gasteiger partial charge in [-0.3, -0.25) is 9.59 Å². The Morgan fingerprint density at radius 1 is 1.30 bits per heavy atom. The number of benzene rings is 1. The Balaban J connectivity index is 1.86. The van der Waals surface area contributed by atoms with E-state index in [1.165, 1.54) is 12.1 Å². The van der Waals surface area contributed by atoms with Gasteiger partial charge < -0.3 is 5.11 Å². The molecule has 1 aliphatic heterocycles. The van der Waals surface area contributed by atoms with Crippen LogP contribution < -0.4 is 4.90 Å². The number of nitrogens with zero attached hydrogens (tertiary/aromatic N) is 1. The normalized spacial score (nSPS) is 23.4. The SMILES string of the molecule is O=C1C2CC2C(=O)N1c1ccc(C#CCCO)c(F)c1. The summed E-state index contributed by atoms with van der Waals surface area (Å²) >= 11 is 0. The zero-order chi connectivity index (χ0) is 14.3. The zero-order valence-electron chi connectivity index (χ0n) is 10.6. The highest BCUT2D eigenvalue weighted by atomic mass is 19.1. The van der Waals surface area contributed by atoms with Crippen molar-refractivity contribution >= 4 is 17.5 Å². The second kappa shape index (κ2) is 4.73. The largest absolute Gasteiger partial charge is 0.395 e. The summed E-state index contributed by atoms with van der Waals surface area (Å²) < 4.78 is 13.9. The fourth-order valence-corrected chi connectivity index (χ4v) is 2.39. The van der Waals surface area contributed by atoms with E-state index in [1.807, 2.05) is 0 Å². The van der Waals surface area contributed by atoms with Crippen molar-refractivity contribution in [1.29, 1.82) is 0 Å². The molecule has 2 amide bonds. The molecule has 0 aromatic heterocycles. The molecule has 2 unspecified atom stereocenters. The standard InChI is InChI=1S/C15H12FNO3/c16-13-7-10(5-4-9(13)3-1-2-6-18)17-14(19)11-8-12(11)15(17)20/h4-5,7,11-12,18H,2,6,8H2. The highest BCUT2D eigenvalue weighted by Gasteiger charge is 2.59. The van der Waals surface area contributed by atoms with Gasteiger partial charge in [-0.2, -0.15) is 0 Å². The van der Waals surface area contributed by atoms with Gasteiger partial charge in [-0.15, -0.1) is 0 Å². The Labute approximate surface area is 115 Å². The highest BCUT2D eigenvalue weighted by Crippen LogP contribution is 2.48. The van der Waals surface area contributed by atoms with Gasteiger partial charge in [0.05, 0.1) is 29.7 Å². The summed E-state index contributed by atoms with van der Waals surface area (Å²) in [7, 11) is 0. The van der Waals surface area contributed by atoms with E-state index in [0.29, 0.717) is 6.42 Å². The Morgan fingerprint density at radius 2 is 2.00 bits per heavy atom. The van der Waals surface area contributed by atoms with Crippen molar-refractivity contribution in [2.45, 2.75) is 12.8 Å². The highest BCUT2D eigenvalue weighted by molar-refractivity contribution is 6.24. The van der Waals surface area contributed by atoms with Crippen LogP contribution in [0.25, 0.3) is 0 Å². The van der Waals surface area contributed by atoms with Crippen LogP contribution in [-0.4, -0.2) is 23.5 Å². The molecule has 1 aromatic carbocycles. The minimum Gasteiger partial charge on any atom is -0.395 e. The molecule has 4 nitrogen and oxygen atoms in total. The van der Waals surface area contributed by atoms with E-state index in [-0.39, 0.29) is 47.9 Å². The summed E-state index contributed by atoms with van der Waals surface area (Å²) in [5.41, 5.74) is 0.448. The van der Waals surface area contributed by atoms with Crippen molar-refractivity contribution in [3.8, 4) is 11.8 Å². The lowest BCUT2D eigenvalue weighted by Crippen LogP contribution is -2.32. The lowest BCUT2D eigenvalue weighted by Gasteiger charge is -2.16. The number of halogens is 1. The molecule has 1 saturated carbocycles. The van der Waals surface area contributed by atoms with Gasteiger partial charge >= 0.3 is 0 Å². The van der Waals surface area contributed by atoms with E-state index in [9.17, 15) is 14.0 Å². The first-order valence-corrected chi connectivity index (χ1v) is 6.40. The molecule has 20 heavy (non-hydrogen) atoms. The van der Waals surface area contributed by atoms with Gasteiger partial charge in [-0.1, -0.05) is 11.8 Å². The summed E-state index contributed by atoms with van der Waals surface area (Å²) in [5.74, 6) is 3.77. The molecule has 2 aliphatic rings. The predicted octanol–water partition coefficient (Wildman–Crippen LogP) is 1.07. The van der Waals surface area contributed by atoms with Crippen molar-refractivity contribution in [1.82, 2.24) is 0 Å². The van der Waals surface area contributed by atoms with Crippen LogP contribution in [0, 0.1) is 29.5 Å². The topological polar surface area (TPSA) is 57.6 Å². The summed E-state index contributed by atoms with van der Waals surface area (Å²) in [6.07, 6.45) is 0.898. The average Bonchev–Trinajstić information content (AvgIpc) is 3.17. The second-order valence-electron chi connectivity index (χ2n) is 4.90. The summed E-state index contributed by atoms with van der Waals surface area (Å²) in [6, 6.07) is 4.12. The van der Waals surface area contributed by atoms with Gasteiger partial charge in [0.1, 0.15) is 5.82 Å². The summed E-state index contributed by atoms with van der Waals surface area (Å²) in [5, 5.41) is 8.61. The van der Waals surface area contributed by atoms with E-state index in [0.717, 1.165) is 11.0 Å². The number of hydrogen-bond donors (Lipinski definition) is 1. The molecule has 1 heterocycles. The molecule has 0 spiro atoms. The first kappa shape index (κ1) is 12.8. The Hall–Kier alpha value is -2.19. The number of piperidine rings is 1. The van der Waals surface area contributed by atoms with E-state index >= 15 is 0 Å². The number of hydrogen-bond acceptors (Lipinski definition) is 3. The minimum absolute atomic E-state index is 0.0771. The summed E-state index contributed by atoms with van der Waals surface area (Å²) in [6.45, 7) is -0.0771. The van der Waals surface area contributed by atoms with Gasteiger partial charge in [0.15, 0.2) is 0 Å². The number of aliphatic hydroxyl groups is 1. The second-order valence-corrected chi connectivity index (χ2v) is 4.90. The molecule has 2 fully saturated rings. The summed E-state index contributed by atoms with van der Waals surface area (Å²) in [4.78, 5) is 24.8. The molecule has 1 aliphatic carbocycles. The average molecular weight is 273 g/mol. The van der Waals surface area contributed by atoms with Gasteiger partial charge in [-0.25, -0.2) is 9.29 Å². The maximum Gasteiger partial charge on any atom is 0.237 e. The number of carbonyl (C=O) groups excluding carboxylic acids is 2. The monoisotopic (exact) mass is 273 g/mol. The maximum absolute atomic E-state index is 13.9. The van der Waals surface area contributed by atoms with Crippen LogP contribution in [-0.2, 0) is 9.59 Å². The third-order valence-corrected chi connectivity index (χ3v) is 3.54. The molecule has 2 atom stereocenters. The van der Waals surface area contributed by atoms with Crippen molar-refractivity contribution in [3.63, 3.8) is 0 Å². The molecule has 0 bridgehead atoms. The van der Waals surface area contributed by atoms with Gasteiger partial charge in [0.2, 0.25) is 11.8 Å². The molecule has 1 N–H and O–H groups in total. The predicted molar refractivity (Wildman–Crippen MR) is 69.1 cm³/mol. The zero-order valence-corrected chi connectivity index (χ0v) is 10.6.